The number of fused-ring (bicyclic) bond motifs is 1. The molecule has 0 radical (unpaired) electrons. The smallest absolute Gasteiger partial charge is 0.326 e. The normalized spacial score (nSPS) is 20.0. The van der Waals surface area contributed by atoms with Crippen LogP contribution in [0.1, 0.15) is 85.5 Å². The van der Waals surface area contributed by atoms with Crippen LogP contribution in [0.25, 0.3) is 11.2 Å². The Hall–Kier alpha value is -2.53. The zero-order chi connectivity index (χ0) is 29.6. The van der Waals surface area contributed by atoms with Crippen LogP contribution in [0.4, 0.5) is 5.69 Å². The Morgan fingerprint density at radius 3 is 2.39 bits per heavy atom. The fraction of sp³-hybridized carbons (Fsp3) is 0.714. The number of nitrogens with one attached hydrogen (secondary N) is 2. The lowest BCUT2D eigenvalue weighted by Gasteiger charge is -2.34. The molecule has 3 atom stereocenters. The van der Waals surface area contributed by atoms with Crippen molar-refractivity contribution in [2.45, 2.75) is 122 Å². The molecule has 2 fully saturated rings. The topological polar surface area (TPSA) is 160 Å². The van der Waals surface area contributed by atoms with E-state index < -0.39 is 37.1 Å². The molecule has 0 spiro atoms. The highest BCUT2D eigenvalue weighted by atomic mass is 31.2. The highest BCUT2D eigenvalue weighted by Gasteiger charge is 2.40. The summed E-state index contributed by atoms with van der Waals surface area (Å²) < 4.78 is 33.6. The summed E-state index contributed by atoms with van der Waals surface area (Å²) >= 11 is 0. The Morgan fingerprint density at radius 2 is 1.71 bits per heavy atom. The number of pyridine rings is 1. The molecular formula is C28H45N6O6P. The third-order valence-electron chi connectivity index (χ3n) is 7.67. The van der Waals surface area contributed by atoms with Crippen LogP contribution < -0.4 is 15.9 Å². The first-order chi connectivity index (χ1) is 19.5. The predicted molar refractivity (Wildman–Crippen MR) is 156 cm³/mol. The minimum atomic E-state index is -3.69. The van der Waals surface area contributed by atoms with Gasteiger partial charge in [0.05, 0.1) is 24.7 Å². The van der Waals surface area contributed by atoms with Crippen LogP contribution in [-0.4, -0.2) is 62.7 Å². The number of hydrogen-bond donors (Lipinski definition) is 3. The van der Waals surface area contributed by atoms with Crippen LogP contribution >= 0.6 is 7.44 Å². The van der Waals surface area contributed by atoms with Gasteiger partial charge in [-0.25, -0.2) is 20.1 Å². The first-order valence-electron chi connectivity index (χ1n) is 14.7. The van der Waals surface area contributed by atoms with E-state index in [0.717, 1.165) is 57.8 Å². The Kier molecular flexibility index (Phi) is 10.4. The fourth-order valence-corrected chi connectivity index (χ4v) is 7.79. The van der Waals surface area contributed by atoms with Crippen LogP contribution in [0.2, 0.25) is 0 Å². The van der Waals surface area contributed by atoms with E-state index in [4.69, 9.17) is 19.9 Å². The van der Waals surface area contributed by atoms with Gasteiger partial charge in [-0.3, -0.25) is 14.2 Å². The van der Waals surface area contributed by atoms with E-state index in [0.29, 0.717) is 23.4 Å². The van der Waals surface area contributed by atoms with E-state index in [1.54, 1.807) is 39.4 Å². The number of anilines is 1. The molecule has 12 nitrogen and oxygen atoms in total. The molecule has 2 aromatic rings. The Labute approximate surface area is 241 Å². The molecule has 2 heterocycles. The van der Waals surface area contributed by atoms with Gasteiger partial charge in [0, 0.05) is 6.20 Å². The molecule has 0 aromatic carbocycles. The molecule has 2 aromatic heterocycles. The van der Waals surface area contributed by atoms with Crippen LogP contribution in [0.15, 0.2) is 18.6 Å². The van der Waals surface area contributed by atoms with Gasteiger partial charge in [0.15, 0.2) is 5.65 Å². The first kappa shape index (κ1) is 31.4. The second-order valence-electron chi connectivity index (χ2n) is 11.9. The summed E-state index contributed by atoms with van der Waals surface area (Å²) in [7, 11) is -3.69. The summed E-state index contributed by atoms with van der Waals surface area (Å²) in [6, 6.07) is 0.801. The third kappa shape index (κ3) is 8.50. The molecule has 4 rings (SSSR count). The van der Waals surface area contributed by atoms with Crippen molar-refractivity contribution in [3.05, 3.63) is 18.6 Å². The molecule has 13 heteroatoms. The van der Waals surface area contributed by atoms with Gasteiger partial charge in [-0.05, 0) is 85.1 Å². The molecule has 0 bridgehead atoms. The van der Waals surface area contributed by atoms with Crippen molar-refractivity contribution in [1.29, 1.82) is 0 Å². The lowest BCUT2D eigenvalue weighted by Crippen LogP contribution is -2.51. The highest BCUT2D eigenvalue weighted by Crippen LogP contribution is 2.41. The maximum Gasteiger partial charge on any atom is 0.326 e. The van der Waals surface area contributed by atoms with Crippen molar-refractivity contribution in [3.63, 3.8) is 0 Å². The van der Waals surface area contributed by atoms with Crippen LogP contribution in [0.5, 0.6) is 0 Å². The second-order valence-corrected chi connectivity index (χ2v) is 14.1. The standard InChI is InChI=1S/C28H45N6O6P/c1-19(16-34-17-31-24-23(29)14-15-30-25(24)34)38-18-41(37,32-20(2)26(35)39-21-12-8-9-13-21)33-28(3,4)27(36)40-22-10-6-5-7-11-22/h14-15,17,19-22H,5-13,16,18H2,1-4H3,(H2,29,30)(H2,32,33,37)/t19-,20-,41?/m1/s1. The average molecular weight is 593 g/mol. The number of rotatable bonds is 13. The molecule has 41 heavy (non-hydrogen) atoms. The van der Waals surface area contributed by atoms with E-state index in [-0.39, 0.29) is 18.6 Å². The summed E-state index contributed by atoms with van der Waals surface area (Å²) in [6.07, 6.45) is 10.8. The number of esters is 2. The SMILES string of the molecule is C[C@H](Cn1cnc2c(N)ccnc21)OCP(=O)(N[C@H](C)C(=O)OC1CCCC1)NC(C)(C)C(=O)OC1CCCCC1. The van der Waals surface area contributed by atoms with E-state index in [1.807, 2.05) is 11.5 Å². The summed E-state index contributed by atoms with van der Waals surface area (Å²) in [6.45, 7) is 7.08. The zero-order valence-corrected chi connectivity index (χ0v) is 25.5. The Bertz CT molecular complexity index is 1240. The molecule has 0 aliphatic heterocycles. The Balaban J connectivity index is 1.44. The molecule has 0 amide bonds. The summed E-state index contributed by atoms with van der Waals surface area (Å²) in [4.78, 5) is 34.7. The van der Waals surface area contributed by atoms with E-state index in [9.17, 15) is 14.2 Å². The minimum absolute atomic E-state index is 0.120. The van der Waals surface area contributed by atoms with Gasteiger partial charge >= 0.3 is 11.9 Å². The predicted octanol–water partition coefficient (Wildman–Crippen LogP) is 4.28. The summed E-state index contributed by atoms with van der Waals surface area (Å²) in [5.41, 5.74) is 6.45. The quantitative estimate of drug-likeness (QED) is 0.225. The van der Waals surface area contributed by atoms with Gasteiger partial charge in [0.25, 0.3) is 0 Å². The van der Waals surface area contributed by atoms with Gasteiger partial charge < -0.3 is 24.5 Å². The van der Waals surface area contributed by atoms with E-state index in [2.05, 4.69) is 20.1 Å². The number of carbonyl (C=O) groups excluding carboxylic acids is 2. The lowest BCUT2D eigenvalue weighted by molar-refractivity contribution is -0.156. The number of nitrogen functional groups attached to an aromatic ring is 1. The number of nitrogens with zero attached hydrogens (tertiary/aromatic N) is 3. The van der Waals surface area contributed by atoms with Crippen molar-refractivity contribution >= 4 is 36.2 Å². The van der Waals surface area contributed by atoms with Crippen LogP contribution in [0, 0.1) is 0 Å². The molecule has 2 saturated carbocycles. The maximum absolute atomic E-state index is 14.3. The van der Waals surface area contributed by atoms with Crippen molar-refractivity contribution in [3.8, 4) is 0 Å². The molecule has 2 aliphatic carbocycles. The van der Waals surface area contributed by atoms with Gasteiger partial charge in [-0.2, -0.15) is 0 Å². The first-order valence-corrected chi connectivity index (χ1v) is 16.6. The lowest BCUT2D eigenvalue weighted by atomic mass is 9.97. The van der Waals surface area contributed by atoms with E-state index >= 15 is 0 Å². The molecular weight excluding hydrogens is 547 g/mol. The van der Waals surface area contributed by atoms with Gasteiger partial charge in [-0.1, -0.05) is 6.42 Å². The maximum atomic E-state index is 14.3. The number of carbonyl (C=O) groups is 2. The minimum Gasteiger partial charge on any atom is -0.461 e. The average Bonchev–Trinajstić information content (AvgIpc) is 3.58. The monoisotopic (exact) mass is 592 g/mol. The molecule has 228 valence electrons. The third-order valence-corrected chi connectivity index (χ3v) is 9.90. The summed E-state index contributed by atoms with van der Waals surface area (Å²) in [5.74, 6) is -0.975. The fourth-order valence-electron chi connectivity index (χ4n) is 5.40. The number of nitrogens with two attached hydrogens (primary N) is 1. The van der Waals surface area contributed by atoms with Gasteiger partial charge in [0.1, 0.15) is 35.7 Å². The zero-order valence-electron chi connectivity index (χ0n) is 24.6. The van der Waals surface area contributed by atoms with Crippen molar-refractivity contribution in [1.82, 2.24) is 24.7 Å². The van der Waals surface area contributed by atoms with Gasteiger partial charge in [-0.15, -0.1) is 0 Å². The van der Waals surface area contributed by atoms with Crippen molar-refractivity contribution in [2.75, 3.05) is 12.1 Å². The number of hydrogen-bond acceptors (Lipinski definition) is 9. The van der Waals surface area contributed by atoms with Crippen molar-refractivity contribution < 1.29 is 28.4 Å². The summed E-state index contributed by atoms with van der Waals surface area (Å²) in [5, 5.41) is 5.90. The van der Waals surface area contributed by atoms with Crippen LogP contribution in [-0.2, 0) is 34.9 Å². The molecule has 0 saturated heterocycles. The number of imidazole rings is 1. The largest absolute Gasteiger partial charge is 0.461 e. The number of ether oxygens (including phenoxy) is 3. The number of aromatic nitrogens is 3. The van der Waals surface area contributed by atoms with Crippen molar-refractivity contribution in [2.24, 2.45) is 0 Å². The highest BCUT2D eigenvalue weighted by molar-refractivity contribution is 7.59. The van der Waals surface area contributed by atoms with E-state index in [1.165, 1.54) is 0 Å². The molecule has 1 unspecified atom stereocenters. The second kappa shape index (κ2) is 13.6. The van der Waals surface area contributed by atoms with Crippen LogP contribution in [0.3, 0.4) is 0 Å². The molecule has 2 aliphatic rings. The molecule has 4 N–H and O–H groups in total. The Morgan fingerprint density at radius 1 is 1.07 bits per heavy atom. The van der Waals surface area contributed by atoms with Gasteiger partial charge in [0.2, 0.25) is 7.44 Å².